The molecule has 1 aromatic rings. The third-order valence-electron chi connectivity index (χ3n) is 3.23. The molecule has 0 unspecified atom stereocenters. The number of rotatable bonds is 2. The van der Waals surface area contributed by atoms with E-state index in [4.69, 9.17) is 17.3 Å². The summed E-state index contributed by atoms with van der Waals surface area (Å²) < 4.78 is 13.4. The van der Waals surface area contributed by atoms with Crippen LogP contribution in [0.4, 0.5) is 15.8 Å². The van der Waals surface area contributed by atoms with Crippen LogP contribution in [0, 0.1) is 5.82 Å². The van der Waals surface area contributed by atoms with Gasteiger partial charge in [-0.2, -0.15) is 0 Å². The molecule has 1 aliphatic heterocycles. The van der Waals surface area contributed by atoms with Crippen LogP contribution in [0.5, 0.6) is 0 Å². The third kappa shape index (κ3) is 2.64. The zero-order chi connectivity index (χ0) is 12.4. The van der Waals surface area contributed by atoms with E-state index in [0.717, 1.165) is 38.4 Å². The van der Waals surface area contributed by atoms with Crippen molar-refractivity contribution in [3.05, 3.63) is 23.0 Å². The number of nitrogen functional groups attached to an aromatic ring is 1. The van der Waals surface area contributed by atoms with Gasteiger partial charge in [-0.15, -0.1) is 0 Å². The highest BCUT2D eigenvalue weighted by molar-refractivity contribution is 6.31. The number of halogens is 2. The number of anilines is 2. The van der Waals surface area contributed by atoms with Gasteiger partial charge in [-0.25, -0.2) is 4.39 Å². The van der Waals surface area contributed by atoms with E-state index in [-0.39, 0.29) is 5.02 Å². The maximum atomic E-state index is 13.4. The normalized spacial score (nSPS) is 17.5. The van der Waals surface area contributed by atoms with E-state index in [0.29, 0.717) is 5.69 Å². The Labute approximate surface area is 106 Å². The molecule has 0 aromatic heterocycles. The van der Waals surface area contributed by atoms with Crippen molar-refractivity contribution in [1.82, 2.24) is 4.90 Å². The summed E-state index contributed by atoms with van der Waals surface area (Å²) in [5.41, 5.74) is 7.18. The van der Waals surface area contributed by atoms with Crippen LogP contribution in [0.15, 0.2) is 12.1 Å². The fourth-order valence-electron chi connectivity index (χ4n) is 2.13. The topological polar surface area (TPSA) is 32.5 Å². The molecule has 1 aliphatic rings. The Morgan fingerprint density at radius 3 is 2.53 bits per heavy atom. The molecular formula is C12H17ClFN3. The van der Waals surface area contributed by atoms with Gasteiger partial charge in [0.05, 0.1) is 16.4 Å². The molecule has 1 heterocycles. The summed E-state index contributed by atoms with van der Waals surface area (Å²) >= 11 is 5.69. The molecule has 3 nitrogen and oxygen atoms in total. The van der Waals surface area contributed by atoms with E-state index in [1.165, 1.54) is 12.1 Å². The lowest BCUT2D eigenvalue weighted by Crippen LogP contribution is -2.46. The van der Waals surface area contributed by atoms with Crippen LogP contribution < -0.4 is 10.6 Å². The number of hydrogen-bond donors (Lipinski definition) is 1. The van der Waals surface area contributed by atoms with Gasteiger partial charge >= 0.3 is 0 Å². The van der Waals surface area contributed by atoms with Crippen LogP contribution in [-0.4, -0.2) is 37.6 Å². The minimum absolute atomic E-state index is 0.0819. The monoisotopic (exact) mass is 257 g/mol. The smallest absolute Gasteiger partial charge is 0.144 e. The molecule has 0 saturated carbocycles. The SMILES string of the molecule is CCN1CCN(c2cc(F)c(Cl)cc2N)CC1. The van der Waals surface area contributed by atoms with Gasteiger partial charge in [0.25, 0.3) is 0 Å². The van der Waals surface area contributed by atoms with Gasteiger partial charge in [0.15, 0.2) is 0 Å². The van der Waals surface area contributed by atoms with Crippen molar-refractivity contribution in [2.24, 2.45) is 0 Å². The molecule has 17 heavy (non-hydrogen) atoms. The molecule has 0 bridgehead atoms. The van der Waals surface area contributed by atoms with E-state index >= 15 is 0 Å². The first-order valence-electron chi connectivity index (χ1n) is 5.83. The number of piperazine rings is 1. The van der Waals surface area contributed by atoms with Crippen molar-refractivity contribution in [2.75, 3.05) is 43.4 Å². The number of likely N-dealkylation sites (N-methyl/N-ethyl adjacent to an activating group) is 1. The van der Waals surface area contributed by atoms with E-state index in [2.05, 4.69) is 16.7 Å². The van der Waals surface area contributed by atoms with Crippen molar-refractivity contribution in [2.45, 2.75) is 6.92 Å². The first kappa shape index (κ1) is 12.5. The second-order valence-corrected chi connectivity index (χ2v) is 4.65. The maximum Gasteiger partial charge on any atom is 0.144 e. The average molecular weight is 258 g/mol. The van der Waals surface area contributed by atoms with Gasteiger partial charge in [0.1, 0.15) is 5.82 Å². The van der Waals surface area contributed by atoms with Gasteiger partial charge < -0.3 is 15.5 Å². The first-order valence-corrected chi connectivity index (χ1v) is 6.21. The lowest BCUT2D eigenvalue weighted by atomic mass is 10.2. The fraction of sp³-hybridized carbons (Fsp3) is 0.500. The molecule has 0 radical (unpaired) electrons. The molecule has 1 fully saturated rings. The Morgan fingerprint density at radius 1 is 1.29 bits per heavy atom. The van der Waals surface area contributed by atoms with Crippen molar-refractivity contribution in [3.8, 4) is 0 Å². The van der Waals surface area contributed by atoms with Gasteiger partial charge in [-0.3, -0.25) is 0 Å². The number of nitrogens with zero attached hydrogens (tertiary/aromatic N) is 2. The molecule has 1 aromatic carbocycles. The minimum atomic E-state index is -0.409. The molecule has 2 rings (SSSR count). The molecule has 94 valence electrons. The summed E-state index contributed by atoms with van der Waals surface area (Å²) in [5.74, 6) is -0.409. The van der Waals surface area contributed by atoms with Gasteiger partial charge in [-0.1, -0.05) is 18.5 Å². The largest absolute Gasteiger partial charge is 0.397 e. The predicted molar refractivity (Wildman–Crippen MR) is 70.1 cm³/mol. The third-order valence-corrected chi connectivity index (χ3v) is 3.52. The van der Waals surface area contributed by atoms with E-state index in [1.807, 2.05) is 0 Å². The highest BCUT2D eigenvalue weighted by Crippen LogP contribution is 2.29. The van der Waals surface area contributed by atoms with Crippen LogP contribution >= 0.6 is 11.6 Å². The number of nitrogens with two attached hydrogens (primary N) is 1. The summed E-state index contributed by atoms with van der Waals surface area (Å²) in [6.45, 7) is 6.92. The van der Waals surface area contributed by atoms with Crippen LogP contribution in [-0.2, 0) is 0 Å². The van der Waals surface area contributed by atoms with Crippen molar-refractivity contribution in [1.29, 1.82) is 0 Å². The lowest BCUT2D eigenvalue weighted by Gasteiger charge is -2.36. The number of benzene rings is 1. The van der Waals surface area contributed by atoms with Gasteiger partial charge in [0, 0.05) is 32.2 Å². The molecule has 0 spiro atoms. The van der Waals surface area contributed by atoms with Gasteiger partial charge in [-0.05, 0) is 12.6 Å². The number of hydrogen-bond acceptors (Lipinski definition) is 3. The summed E-state index contributed by atoms with van der Waals surface area (Å²) in [7, 11) is 0. The molecule has 0 atom stereocenters. The minimum Gasteiger partial charge on any atom is -0.397 e. The second kappa shape index (κ2) is 5.10. The highest BCUT2D eigenvalue weighted by Gasteiger charge is 2.18. The molecule has 0 aliphatic carbocycles. The lowest BCUT2D eigenvalue weighted by molar-refractivity contribution is 0.271. The summed E-state index contributed by atoms with van der Waals surface area (Å²) in [6, 6.07) is 2.91. The second-order valence-electron chi connectivity index (χ2n) is 4.25. The Bertz CT molecular complexity index is 403. The van der Waals surface area contributed by atoms with E-state index in [9.17, 15) is 4.39 Å². The molecule has 1 saturated heterocycles. The van der Waals surface area contributed by atoms with Crippen LogP contribution in [0.25, 0.3) is 0 Å². The first-order chi connectivity index (χ1) is 8.11. The zero-order valence-corrected chi connectivity index (χ0v) is 10.7. The average Bonchev–Trinajstić information content (AvgIpc) is 2.34. The van der Waals surface area contributed by atoms with Crippen LogP contribution in [0.2, 0.25) is 5.02 Å². The van der Waals surface area contributed by atoms with Crippen molar-refractivity contribution in [3.63, 3.8) is 0 Å². The van der Waals surface area contributed by atoms with Crippen molar-refractivity contribution >= 4 is 23.0 Å². The highest BCUT2D eigenvalue weighted by atomic mass is 35.5. The standard InChI is InChI=1S/C12H17ClFN3/c1-2-16-3-5-17(6-4-16)12-8-10(14)9(13)7-11(12)15/h7-8H,2-6,15H2,1H3. The van der Waals surface area contributed by atoms with Crippen LogP contribution in [0.1, 0.15) is 6.92 Å². The molecular weight excluding hydrogens is 241 g/mol. The molecule has 0 amide bonds. The Balaban J connectivity index is 2.16. The summed E-state index contributed by atoms with van der Waals surface area (Å²) in [4.78, 5) is 4.47. The Kier molecular flexibility index (Phi) is 3.74. The Hall–Kier alpha value is -1.00. The molecule has 2 N–H and O–H groups in total. The summed E-state index contributed by atoms with van der Waals surface area (Å²) in [6.07, 6.45) is 0. The fourth-order valence-corrected chi connectivity index (χ4v) is 2.30. The van der Waals surface area contributed by atoms with E-state index < -0.39 is 5.82 Å². The Morgan fingerprint density at radius 2 is 1.94 bits per heavy atom. The van der Waals surface area contributed by atoms with Crippen molar-refractivity contribution < 1.29 is 4.39 Å². The zero-order valence-electron chi connectivity index (χ0n) is 9.92. The predicted octanol–water partition coefficient (Wildman–Crippen LogP) is 2.20. The van der Waals surface area contributed by atoms with Crippen LogP contribution in [0.3, 0.4) is 0 Å². The quantitative estimate of drug-likeness (QED) is 0.825. The maximum absolute atomic E-state index is 13.4. The summed E-state index contributed by atoms with van der Waals surface area (Å²) in [5, 5.41) is 0.0819. The van der Waals surface area contributed by atoms with E-state index in [1.54, 1.807) is 0 Å². The van der Waals surface area contributed by atoms with Gasteiger partial charge in [0.2, 0.25) is 0 Å². The molecule has 5 heteroatoms.